The Hall–Kier alpha value is -1.98. The predicted octanol–water partition coefficient (Wildman–Crippen LogP) is 1.15. The molecule has 2 rings (SSSR count). The van der Waals surface area contributed by atoms with Gasteiger partial charge >= 0.3 is 5.97 Å². The quantitative estimate of drug-likeness (QED) is 0.861. The molecule has 1 aromatic rings. The Labute approximate surface area is 117 Å². The van der Waals surface area contributed by atoms with Crippen molar-refractivity contribution >= 4 is 11.9 Å². The highest BCUT2D eigenvalue weighted by molar-refractivity contribution is 5.85. The minimum atomic E-state index is -0.885. The molecule has 3 atom stereocenters. The van der Waals surface area contributed by atoms with E-state index in [1.165, 1.54) is 0 Å². The van der Waals surface area contributed by atoms with E-state index in [1.54, 1.807) is 12.4 Å². The lowest BCUT2D eigenvalue weighted by Gasteiger charge is -2.15. The molecule has 20 heavy (non-hydrogen) atoms. The molecule has 1 fully saturated rings. The van der Waals surface area contributed by atoms with Crippen LogP contribution in [0.4, 0.5) is 0 Å². The fourth-order valence-corrected chi connectivity index (χ4v) is 2.67. The molecule has 0 saturated heterocycles. The number of hydrogen-bond donors (Lipinski definition) is 2. The van der Waals surface area contributed by atoms with Crippen molar-refractivity contribution in [2.45, 2.75) is 33.2 Å². The first kappa shape index (κ1) is 14.4. The standard InChI is InChI=1S/C14H19N3O3/c1-8-3-11(12(4-8)14(19)20)13(18)17-7-10-6-15-9(2)5-16-10/h5-6,8,11-12H,3-4,7H2,1-2H3,(H,17,18)(H,19,20). The molecule has 0 aromatic carbocycles. The molecule has 1 aromatic heterocycles. The molecular formula is C14H19N3O3. The van der Waals surface area contributed by atoms with Gasteiger partial charge in [-0.25, -0.2) is 0 Å². The molecule has 1 aliphatic rings. The van der Waals surface area contributed by atoms with E-state index in [2.05, 4.69) is 15.3 Å². The van der Waals surface area contributed by atoms with Gasteiger partial charge in [0, 0.05) is 6.20 Å². The van der Waals surface area contributed by atoms with E-state index in [0.717, 1.165) is 5.69 Å². The molecule has 6 heteroatoms. The first-order valence-electron chi connectivity index (χ1n) is 6.75. The number of aliphatic carboxylic acids is 1. The SMILES string of the molecule is Cc1cnc(CNC(=O)C2CC(C)CC2C(=O)O)cn1. The Kier molecular flexibility index (Phi) is 4.32. The second kappa shape index (κ2) is 5.98. The number of carbonyl (C=O) groups excluding carboxylic acids is 1. The van der Waals surface area contributed by atoms with Gasteiger partial charge in [0.1, 0.15) is 0 Å². The lowest BCUT2D eigenvalue weighted by molar-refractivity contribution is -0.146. The van der Waals surface area contributed by atoms with Crippen molar-refractivity contribution in [1.82, 2.24) is 15.3 Å². The first-order valence-corrected chi connectivity index (χ1v) is 6.75. The second-order valence-corrected chi connectivity index (χ2v) is 5.49. The van der Waals surface area contributed by atoms with Gasteiger partial charge in [0.25, 0.3) is 0 Å². The van der Waals surface area contributed by atoms with Crippen LogP contribution < -0.4 is 5.32 Å². The van der Waals surface area contributed by atoms with Crippen LogP contribution in [-0.2, 0) is 16.1 Å². The third-order valence-corrected chi connectivity index (χ3v) is 3.73. The molecular weight excluding hydrogens is 258 g/mol. The van der Waals surface area contributed by atoms with E-state index >= 15 is 0 Å². The number of aryl methyl sites for hydroxylation is 1. The van der Waals surface area contributed by atoms with E-state index in [9.17, 15) is 9.59 Å². The lowest BCUT2D eigenvalue weighted by atomic mass is 9.95. The Balaban J connectivity index is 1.94. The summed E-state index contributed by atoms with van der Waals surface area (Å²) >= 11 is 0. The van der Waals surface area contributed by atoms with Gasteiger partial charge < -0.3 is 10.4 Å². The Morgan fingerprint density at radius 1 is 1.30 bits per heavy atom. The minimum absolute atomic E-state index is 0.205. The van der Waals surface area contributed by atoms with Crippen molar-refractivity contribution in [2.75, 3.05) is 0 Å². The highest BCUT2D eigenvalue weighted by atomic mass is 16.4. The number of hydrogen-bond acceptors (Lipinski definition) is 4. The zero-order chi connectivity index (χ0) is 14.7. The molecule has 0 spiro atoms. The fraction of sp³-hybridized carbons (Fsp3) is 0.571. The van der Waals surface area contributed by atoms with Crippen LogP contribution in [0.5, 0.6) is 0 Å². The van der Waals surface area contributed by atoms with Crippen LogP contribution in [0.1, 0.15) is 31.2 Å². The maximum atomic E-state index is 12.1. The van der Waals surface area contributed by atoms with E-state index in [-0.39, 0.29) is 18.4 Å². The summed E-state index contributed by atoms with van der Waals surface area (Å²) in [5, 5.41) is 11.9. The van der Waals surface area contributed by atoms with Crippen LogP contribution in [0.25, 0.3) is 0 Å². The van der Waals surface area contributed by atoms with E-state index in [0.29, 0.717) is 18.5 Å². The zero-order valence-electron chi connectivity index (χ0n) is 11.7. The number of nitrogens with one attached hydrogen (secondary N) is 1. The van der Waals surface area contributed by atoms with Crippen molar-refractivity contribution < 1.29 is 14.7 Å². The molecule has 3 unspecified atom stereocenters. The number of carboxylic acid groups (broad SMARTS) is 1. The van der Waals surface area contributed by atoms with Crippen molar-refractivity contribution in [3.63, 3.8) is 0 Å². The van der Waals surface area contributed by atoms with Crippen LogP contribution in [0.3, 0.4) is 0 Å². The maximum Gasteiger partial charge on any atom is 0.307 e. The summed E-state index contributed by atoms with van der Waals surface area (Å²) in [6.45, 7) is 4.10. The van der Waals surface area contributed by atoms with Gasteiger partial charge in [-0.1, -0.05) is 6.92 Å². The number of amides is 1. The molecule has 1 heterocycles. The number of carboxylic acids is 1. The number of aromatic nitrogens is 2. The molecule has 0 radical (unpaired) electrons. The predicted molar refractivity (Wildman–Crippen MR) is 71.6 cm³/mol. The van der Waals surface area contributed by atoms with Gasteiger partial charge in [0.15, 0.2) is 0 Å². The zero-order valence-corrected chi connectivity index (χ0v) is 11.7. The van der Waals surface area contributed by atoms with Crippen LogP contribution in [0.2, 0.25) is 0 Å². The topological polar surface area (TPSA) is 92.2 Å². The maximum absolute atomic E-state index is 12.1. The summed E-state index contributed by atoms with van der Waals surface area (Å²) in [4.78, 5) is 31.5. The van der Waals surface area contributed by atoms with Crippen molar-refractivity contribution in [3.05, 3.63) is 23.8 Å². The molecule has 2 N–H and O–H groups in total. The lowest BCUT2D eigenvalue weighted by Crippen LogP contribution is -2.35. The molecule has 1 amide bonds. The Bertz CT molecular complexity index is 501. The highest BCUT2D eigenvalue weighted by Crippen LogP contribution is 2.36. The van der Waals surface area contributed by atoms with E-state index < -0.39 is 17.8 Å². The Morgan fingerprint density at radius 3 is 2.60 bits per heavy atom. The average molecular weight is 277 g/mol. The summed E-state index contributed by atoms with van der Waals surface area (Å²) in [6, 6.07) is 0. The van der Waals surface area contributed by atoms with Crippen molar-refractivity contribution in [2.24, 2.45) is 17.8 Å². The smallest absolute Gasteiger partial charge is 0.307 e. The van der Waals surface area contributed by atoms with Crippen LogP contribution in [0, 0.1) is 24.7 Å². The summed E-state index contributed by atoms with van der Waals surface area (Å²) in [5.41, 5.74) is 1.48. The van der Waals surface area contributed by atoms with Gasteiger partial charge in [-0.15, -0.1) is 0 Å². The highest BCUT2D eigenvalue weighted by Gasteiger charge is 2.40. The van der Waals surface area contributed by atoms with Gasteiger partial charge in [0.2, 0.25) is 5.91 Å². The van der Waals surface area contributed by atoms with Gasteiger partial charge in [0.05, 0.1) is 36.0 Å². The van der Waals surface area contributed by atoms with Crippen LogP contribution in [0.15, 0.2) is 12.4 Å². The normalized spacial score (nSPS) is 25.4. The minimum Gasteiger partial charge on any atom is -0.481 e. The van der Waals surface area contributed by atoms with Crippen LogP contribution >= 0.6 is 0 Å². The number of carbonyl (C=O) groups is 2. The summed E-state index contributed by atoms with van der Waals surface area (Å²) in [5.74, 6) is -1.84. The van der Waals surface area contributed by atoms with E-state index in [1.807, 2.05) is 13.8 Å². The van der Waals surface area contributed by atoms with Gasteiger partial charge in [-0.05, 0) is 25.7 Å². The first-order chi connectivity index (χ1) is 9.47. The molecule has 0 aliphatic heterocycles. The second-order valence-electron chi connectivity index (χ2n) is 5.49. The molecule has 1 aliphatic carbocycles. The monoisotopic (exact) mass is 277 g/mol. The number of nitrogens with zero attached hydrogens (tertiary/aromatic N) is 2. The third kappa shape index (κ3) is 3.31. The Morgan fingerprint density at radius 2 is 2.00 bits per heavy atom. The van der Waals surface area contributed by atoms with Crippen molar-refractivity contribution in [1.29, 1.82) is 0 Å². The molecule has 6 nitrogen and oxygen atoms in total. The fourth-order valence-electron chi connectivity index (χ4n) is 2.67. The third-order valence-electron chi connectivity index (χ3n) is 3.73. The molecule has 0 bridgehead atoms. The van der Waals surface area contributed by atoms with Gasteiger partial charge in [-0.2, -0.15) is 0 Å². The summed E-state index contributed by atoms with van der Waals surface area (Å²) in [7, 11) is 0. The summed E-state index contributed by atoms with van der Waals surface area (Å²) in [6.07, 6.45) is 4.45. The molecule has 1 saturated carbocycles. The largest absolute Gasteiger partial charge is 0.481 e. The number of rotatable bonds is 4. The molecule has 108 valence electrons. The van der Waals surface area contributed by atoms with Crippen molar-refractivity contribution in [3.8, 4) is 0 Å². The average Bonchev–Trinajstić information content (AvgIpc) is 2.80. The van der Waals surface area contributed by atoms with Gasteiger partial charge in [-0.3, -0.25) is 19.6 Å². The van der Waals surface area contributed by atoms with E-state index in [4.69, 9.17) is 5.11 Å². The summed E-state index contributed by atoms with van der Waals surface area (Å²) < 4.78 is 0. The van der Waals surface area contributed by atoms with Crippen LogP contribution in [-0.4, -0.2) is 27.0 Å².